The molecule has 1 aromatic carbocycles. The number of anilines is 1. The lowest BCUT2D eigenvalue weighted by Gasteiger charge is -2.27. The summed E-state index contributed by atoms with van der Waals surface area (Å²) in [6, 6.07) is 7.09. The van der Waals surface area contributed by atoms with Gasteiger partial charge in [-0.3, -0.25) is 0 Å². The molecule has 118 valence electrons. The number of rotatable bonds is 5. The van der Waals surface area contributed by atoms with Crippen molar-refractivity contribution in [2.75, 3.05) is 26.0 Å². The molecular weight excluding hydrogens is 284 g/mol. The summed E-state index contributed by atoms with van der Waals surface area (Å²) in [6.07, 6.45) is 5.19. The Morgan fingerprint density at radius 3 is 2.71 bits per heavy atom. The molecule has 1 aromatic rings. The third kappa shape index (κ3) is 4.20. The second kappa shape index (κ2) is 6.79. The van der Waals surface area contributed by atoms with Crippen LogP contribution in [0.25, 0.3) is 0 Å². The lowest BCUT2D eigenvalue weighted by Crippen LogP contribution is -2.23. The van der Waals surface area contributed by atoms with Crippen molar-refractivity contribution in [1.82, 2.24) is 4.31 Å². The zero-order chi connectivity index (χ0) is 15.5. The van der Waals surface area contributed by atoms with E-state index in [0.717, 1.165) is 18.2 Å². The number of hydrogen-bond acceptors (Lipinski definition) is 3. The summed E-state index contributed by atoms with van der Waals surface area (Å²) < 4.78 is 25.5. The smallest absolute Gasteiger partial charge is 0.242 e. The second-order valence-electron chi connectivity index (χ2n) is 6.33. The van der Waals surface area contributed by atoms with E-state index in [1.54, 1.807) is 32.3 Å². The Bertz CT molecular complexity index is 569. The van der Waals surface area contributed by atoms with Crippen LogP contribution in [-0.2, 0) is 10.0 Å². The fourth-order valence-corrected chi connectivity index (χ4v) is 3.93. The second-order valence-corrected chi connectivity index (χ2v) is 8.49. The van der Waals surface area contributed by atoms with Gasteiger partial charge in [-0.25, -0.2) is 12.7 Å². The van der Waals surface area contributed by atoms with Crippen molar-refractivity contribution in [3.8, 4) is 0 Å². The van der Waals surface area contributed by atoms with Gasteiger partial charge in [0.1, 0.15) is 0 Å². The SMILES string of the molecule is CC1CCCC(CNc2cccc(S(=O)(=O)N(C)C)c2)C1. The van der Waals surface area contributed by atoms with E-state index < -0.39 is 10.0 Å². The standard InChI is InChI=1S/C16H26N2O2S/c1-13-6-4-7-14(10-13)12-17-15-8-5-9-16(11-15)21(19,20)18(2)3/h5,8-9,11,13-14,17H,4,6-7,10,12H2,1-3H3. The van der Waals surface area contributed by atoms with Gasteiger partial charge in [0.2, 0.25) is 10.0 Å². The molecule has 0 aromatic heterocycles. The quantitative estimate of drug-likeness (QED) is 0.909. The molecule has 4 nitrogen and oxygen atoms in total. The monoisotopic (exact) mass is 310 g/mol. The van der Waals surface area contributed by atoms with E-state index >= 15 is 0 Å². The van der Waals surface area contributed by atoms with E-state index in [0.29, 0.717) is 10.8 Å². The Balaban J connectivity index is 2.01. The predicted molar refractivity (Wildman–Crippen MR) is 86.9 cm³/mol. The molecule has 1 N–H and O–H groups in total. The van der Waals surface area contributed by atoms with E-state index in [1.807, 2.05) is 6.07 Å². The molecule has 0 bridgehead atoms. The number of nitrogens with zero attached hydrogens (tertiary/aromatic N) is 1. The van der Waals surface area contributed by atoms with Crippen molar-refractivity contribution >= 4 is 15.7 Å². The molecule has 2 unspecified atom stereocenters. The fraction of sp³-hybridized carbons (Fsp3) is 0.625. The molecule has 0 spiro atoms. The van der Waals surface area contributed by atoms with Gasteiger partial charge in [0, 0.05) is 26.3 Å². The van der Waals surface area contributed by atoms with Crippen LogP contribution in [0.2, 0.25) is 0 Å². The molecule has 0 saturated heterocycles. The summed E-state index contributed by atoms with van der Waals surface area (Å²) in [5.41, 5.74) is 0.885. The molecule has 0 aliphatic heterocycles. The van der Waals surface area contributed by atoms with Crippen LogP contribution < -0.4 is 5.32 Å². The van der Waals surface area contributed by atoms with Gasteiger partial charge in [0.15, 0.2) is 0 Å². The Labute approximate surface area is 128 Å². The maximum atomic E-state index is 12.1. The van der Waals surface area contributed by atoms with Gasteiger partial charge in [-0.2, -0.15) is 0 Å². The number of sulfonamides is 1. The highest BCUT2D eigenvalue weighted by molar-refractivity contribution is 7.89. The van der Waals surface area contributed by atoms with Crippen LogP contribution in [0.1, 0.15) is 32.6 Å². The number of hydrogen-bond donors (Lipinski definition) is 1. The van der Waals surface area contributed by atoms with Gasteiger partial charge >= 0.3 is 0 Å². The lowest BCUT2D eigenvalue weighted by atomic mass is 9.82. The first kappa shape index (κ1) is 16.3. The molecule has 0 heterocycles. The molecule has 0 radical (unpaired) electrons. The summed E-state index contributed by atoms with van der Waals surface area (Å²) in [7, 11) is -0.249. The van der Waals surface area contributed by atoms with Gasteiger partial charge in [0.25, 0.3) is 0 Å². The molecule has 1 aliphatic rings. The van der Waals surface area contributed by atoms with Gasteiger partial charge in [0.05, 0.1) is 4.90 Å². The first-order valence-corrected chi connectivity index (χ1v) is 9.10. The van der Waals surface area contributed by atoms with Crippen LogP contribution in [0, 0.1) is 11.8 Å². The van der Waals surface area contributed by atoms with Crippen LogP contribution >= 0.6 is 0 Å². The molecule has 5 heteroatoms. The zero-order valence-corrected chi connectivity index (χ0v) is 14.0. The number of benzene rings is 1. The summed E-state index contributed by atoms with van der Waals surface area (Å²) in [6.45, 7) is 3.24. The third-order valence-corrected chi connectivity index (χ3v) is 6.06. The highest BCUT2D eigenvalue weighted by Gasteiger charge is 2.19. The summed E-state index contributed by atoms with van der Waals surface area (Å²) in [5, 5.41) is 3.40. The van der Waals surface area contributed by atoms with E-state index in [4.69, 9.17) is 0 Å². The molecule has 1 saturated carbocycles. The van der Waals surface area contributed by atoms with Gasteiger partial charge < -0.3 is 5.32 Å². The Morgan fingerprint density at radius 2 is 2.05 bits per heavy atom. The minimum atomic E-state index is -3.36. The van der Waals surface area contributed by atoms with Crippen LogP contribution in [0.5, 0.6) is 0 Å². The molecule has 1 aliphatic carbocycles. The Morgan fingerprint density at radius 1 is 1.29 bits per heavy atom. The van der Waals surface area contributed by atoms with E-state index in [-0.39, 0.29) is 0 Å². The molecule has 21 heavy (non-hydrogen) atoms. The molecule has 2 atom stereocenters. The highest BCUT2D eigenvalue weighted by Crippen LogP contribution is 2.29. The minimum absolute atomic E-state index is 0.342. The molecule has 0 amide bonds. The zero-order valence-electron chi connectivity index (χ0n) is 13.2. The molecule has 1 fully saturated rings. The Kier molecular flexibility index (Phi) is 5.27. The van der Waals surface area contributed by atoms with E-state index in [2.05, 4.69) is 12.2 Å². The maximum absolute atomic E-state index is 12.1. The van der Waals surface area contributed by atoms with Crippen LogP contribution in [-0.4, -0.2) is 33.4 Å². The maximum Gasteiger partial charge on any atom is 0.242 e. The average molecular weight is 310 g/mol. The van der Waals surface area contributed by atoms with E-state index in [9.17, 15) is 8.42 Å². The van der Waals surface area contributed by atoms with E-state index in [1.165, 1.54) is 30.0 Å². The summed E-state index contributed by atoms with van der Waals surface area (Å²) >= 11 is 0. The van der Waals surface area contributed by atoms with Gasteiger partial charge in [-0.15, -0.1) is 0 Å². The average Bonchev–Trinajstić information content (AvgIpc) is 2.45. The minimum Gasteiger partial charge on any atom is -0.385 e. The topological polar surface area (TPSA) is 49.4 Å². The highest BCUT2D eigenvalue weighted by atomic mass is 32.2. The van der Waals surface area contributed by atoms with Crippen molar-refractivity contribution in [2.45, 2.75) is 37.5 Å². The van der Waals surface area contributed by atoms with Gasteiger partial charge in [-0.05, 0) is 42.9 Å². The summed E-state index contributed by atoms with van der Waals surface area (Å²) in [4.78, 5) is 0.342. The Hall–Kier alpha value is -1.07. The van der Waals surface area contributed by atoms with Crippen molar-refractivity contribution in [3.05, 3.63) is 24.3 Å². The predicted octanol–water partition coefficient (Wildman–Crippen LogP) is 3.18. The van der Waals surface area contributed by atoms with Gasteiger partial charge in [-0.1, -0.05) is 25.8 Å². The van der Waals surface area contributed by atoms with Crippen molar-refractivity contribution in [3.63, 3.8) is 0 Å². The van der Waals surface area contributed by atoms with Crippen LogP contribution in [0.4, 0.5) is 5.69 Å². The first-order chi connectivity index (χ1) is 9.89. The van der Waals surface area contributed by atoms with Crippen LogP contribution in [0.15, 0.2) is 29.2 Å². The van der Waals surface area contributed by atoms with Crippen LogP contribution in [0.3, 0.4) is 0 Å². The summed E-state index contributed by atoms with van der Waals surface area (Å²) in [5.74, 6) is 1.51. The normalized spacial score (nSPS) is 23.2. The van der Waals surface area contributed by atoms with Crippen molar-refractivity contribution in [2.24, 2.45) is 11.8 Å². The fourth-order valence-electron chi connectivity index (χ4n) is 2.98. The van der Waals surface area contributed by atoms with Crippen molar-refractivity contribution in [1.29, 1.82) is 0 Å². The first-order valence-electron chi connectivity index (χ1n) is 7.66. The largest absolute Gasteiger partial charge is 0.385 e. The molecular formula is C16H26N2O2S. The number of nitrogens with one attached hydrogen (secondary N) is 1. The molecule has 2 rings (SSSR count). The van der Waals surface area contributed by atoms with Crippen molar-refractivity contribution < 1.29 is 8.42 Å². The third-order valence-electron chi connectivity index (χ3n) is 4.25. The lowest BCUT2D eigenvalue weighted by molar-refractivity contribution is 0.293.